The van der Waals surface area contributed by atoms with E-state index < -0.39 is 5.97 Å². The van der Waals surface area contributed by atoms with Crippen LogP contribution >= 0.6 is 0 Å². The molecule has 0 spiro atoms. The Hall–Kier alpha value is -4.97. The van der Waals surface area contributed by atoms with Gasteiger partial charge in [-0.15, -0.1) is 0 Å². The van der Waals surface area contributed by atoms with Crippen molar-refractivity contribution in [1.29, 1.82) is 0 Å². The molecule has 6 nitrogen and oxygen atoms in total. The molecule has 0 atom stereocenters. The molecule has 0 radical (unpaired) electrons. The third-order valence-electron chi connectivity index (χ3n) is 8.32. The molecule has 0 bridgehead atoms. The molecule has 0 saturated carbocycles. The predicted molar refractivity (Wildman–Crippen MR) is 189 cm³/mol. The summed E-state index contributed by atoms with van der Waals surface area (Å²) in [4.78, 5) is 41.0. The second-order valence-corrected chi connectivity index (χ2v) is 13.2. The summed E-state index contributed by atoms with van der Waals surface area (Å²) in [6, 6.07) is 31.3. The highest BCUT2D eigenvalue weighted by atomic mass is 16.4. The molecular formula is C41H44N2O4. The molecule has 6 heteroatoms. The van der Waals surface area contributed by atoms with Crippen molar-refractivity contribution < 1.29 is 19.5 Å². The van der Waals surface area contributed by atoms with E-state index in [1.54, 1.807) is 15.5 Å². The predicted octanol–water partition coefficient (Wildman–Crippen LogP) is 8.98. The second-order valence-electron chi connectivity index (χ2n) is 13.2. The van der Waals surface area contributed by atoms with Gasteiger partial charge in [0, 0.05) is 34.8 Å². The molecule has 0 aliphatic rings. The molecule has 5 aromatic rings. The fourth-order valence-electron chi connectivity index (χ4n) is 6.19. The maximum atomic E-state index is 14.2. The molecule has 0 fully saturated rings. The number of carbonyl (C=O) groups excluding carboxylic acids is 2. The summed E-state index contributed by atoms with van der Waals surface area (Å²) >= 11 is 0. The van der Waals surface area contributed by atoms with E-state index in [1.807, 2.05) is 85.1 Å². The molecule has 4 aromatic carbocycles. The first-order valence-electron chi connectivity index (χ1n) is 16.5. The van der Waals surface area contributed by atoms with E-state index in [-0.39, 0.29) is 18.2 Å². The van der Waals surface area contributed by atoms with Gasteiger partial charge < -0.3 is 10.0 Å². The fraction of sp³-hybridized carbons (Fsp3) is 0.293. The van der Waals surface area contributed by atoms with Crippen LogP contribution in [-0.2, 0) is 30.6 Å². The molecule has 1 heterocycles. The summed E-state index contributed by atoms with van der Waals surface area (Å²) < 4.78 is 1.65. The lowest BCUT2D eigenvalue weighted by molar-refractivity contribution is -0.137. The van der Waals surface area contributed by atoms with Gasteiger partial charge in [-0.05, 0) is 102 Å². The van der Waals surface area contributed by atoms with E-state index in [0.717, 1.165) is 40.6 Å². The van der Waals surface area contributed by atoms with Crippen molar-refractivity contribution in [3.05, 3.63) is 137 Å². The minimum Gasteiger partial charge on any atom is -0.481 e. The van der Waals surface area contributed by atoms with Crippen molar-refractivity contribution in [2.75, 3.05) is 4.90 Å². The summed E-state index contributed by atoms with van der Waals surface area (Å²) in [6.07, 6.45) is 4.84. The van der Waals surface area contributed by atoms with Gasteiger partial charge >= 0.3 is 5.97 Å². The molecule has 0 aliphatic carbocycles. The zero-order valence-electron chi connectivity index (χ0n) is 27.8. The van der Waals surface area contributed by atoms with Gasteiger partial charge in [0.15, 0.2) is 0 Å². The zero-order chi connectivity index (χ0) is 33.5. The topological polar surface area (TPSA) is 79.6 Å². The molecule has 47 heavy (non-hydrogen) atoms. The number of carbonyl (C=O) groups is 3. The van der Waals surface area contributed by atoms with Crippen LogP contribution in [-0.4, -0.2) is 27.5 Å². The Kier molecular flexibility index (Phi) is 10.7. The number of benzene rings is 4. The molecular weight excluding hydrogens is 584 g/mol. The number of para-hydroxylation sites is 1. The van der Waals surface area contributed by atoms with E-state index in [0.29, 0.717) is 42.3 Å². The van der Waals surface area contributed by atoms with Gasteiger partial charge in [0.1, 0.15) is 0 Å². The number of aryl methyl sites for hydroxylation is 1. The number of aromatic nitrogens is 1. The van der Waals surface area contributed by atoms with Gasteiger partial charge in [-0.2, -0.15) is 0 Å². The number of aliphatic carboxylic acids is 1. The van der Waals surface area contributed by atoms with Gasteiger partial charge in [0.25, 0.3) is 11.8 Å². The minimum absolute atomic E-state index is 0.0766. The van der Waals surface area contributed by atoms with Gasteiger partial charge in [0.05, 0.1) is 12.1 Å². The maximum absolute atomic E-state index is 14.2. The van der Waals surface area contributed by atoms with Gasteiger partial charge in [0.2, 0.25) is 0 Å². The normalized spacial score (nSPS) is 11.4. The number of hydrogen-bond donors (Lipinski definition) is 1. The van der Waals surface area contributed by atoms with E-state index in [1.165, 1.54) is 11.1 Å². The Morgan fingerprint density at radius 2 is 1.40 bits per heavy atom. The van der Waals surface area contributed by atoms with Crippen molar-refractivity contribution in [3.63, 3.8) is 0 Å². The van der Waals surface area contributed by atoms with Crippen LogP contribution in [0.15, 0.2) is 103 Å². The molecule has 0 aliphatic heterocycles. The Balaban J connectivity index is 1.46. The number of carboxylic acids is 1. The quantitative estimate of drug-likeness (QED) is 0.141. The standard InChI is InChI=1S/C41H44N2O4/c1-28(2)22-30-18-20-33(21-19-30)40(46)42(36-14-8-10-31(25-36)23-29(3)4)26-32-11-7-12-34(24-32)41(47)43-27-35(13-9-17-39(44)45)37-15-5-6-16-38(37)43/h5-8,10-12,14-16,18-21,24-25,27-29H,9,13,17,22-23,26H2,1-4H3,(H,44,45). The lowest BCUT2D eigenvalue weighted by atomic mass is 10.0. The third kappa shape index (κ3) is 8.44. The van der Waals surface area contributed by atoms with Crippen LogP contribution in [0.5, 0.6) is 0 Å². The van der Waals surface area contributed by atoms with Crippen molar-refractivity contribution in [2.45, 2.75) is 66.3 Å². The van der Waals surface area contributed by atoms with Gasteiger partial charge in [-0.1, -0.05) is 82.3 Å². The first kappa shape index (κ1) is 33.4. The van der Waals surface area contributed by atoms with E-state index in [2.05, 4.69) is 39.8 Å². The van der Waals surface area contributed by atoms with Gasteiger partial charge in [-0.25, -0.2) is 0 Å². The number of nitrogens with zero attached hydrogens (tertiary/aromatic N) is 2. The molecule has 0 saturated heterocycles. The van der Waals surface area contributed by atoms with E-state index >= 15 is 0 Å². The summed E-state index contributed by atoms with van der Waals surface area (Å²) in [5.74, 6) is -0.0937. The number of carboxylic acid groups (broad SMARTS) is 1. The molecule has 1 aromatic heterocycles. The van der Waals surface area contributed by atoms with Crippen molar-refractivity contribution in [2.24, 2.45) is 11.8 Å². The van der Waals surface area contributed by atoms with Crippen LogP contribution in [0.2, 0.25) is 0 Å². The number of amides is 1. The van der Waals surface area contributed by atoms with Crippen molar-refractivity contribution in [3.8, 4) is 0 Å². The van der Waals surface area contributed by atoms with Crippen LogP contribution in [0, 0.1) is 11.8 Å². The molecule has 242 valence electrons. The highest BCUT2D eigenvalue weighted by Gasteiger charge is 2.21. The van der Waals surface area contributed by atoms with Crippen LogP contribution in [0.1, 0.15) is 83.5 Å². The second kappa shape index (κ2) is 15.1. The smallest absolute Gasteiger partial charge is 0.303 e. The third-order valence-corrected chi connectivity index (χ3v) is 8.32. The number of rotatable bonds is 13. The molecule has 5 rings (SSSR count). The number of fused-ring (bicyclic) bond motifs is 1. The fourth-order valence-corrected chi connectivity index (χ4v) is 6.19. The molecule has 0 unspecified atom stereocenters. The maximum Gasteiger partial charge on any atom is 0.303 e. The van der Waals surface area contributed by atoms with Crippen molar-refractivity contribution in [1.82, 2.24) is 4.57 Å². The van der Waals surface area contributed by atoms with Crippen LogP contribution in [0.3, 0.4) is 0 Å². The monoisotopic (exact) mass is 628 g/mol. The van der Waals surface area contributed by atoms with E-state index in [4.69, 9.17) is 5.11 Å². The summed E-state index contributed by atoms with van der Waals surface area (Å²) in [6.45, 7) is 9.03. The molecule has 1 amide bonds. The Morgan fingerprint density at radius 1 is 0.723 bits per heavy atom. The lowest BCUT2D eigenvalue weighted by Gasteiger charge is -2.24. The number of hydrogen-bond acceptors (Lipinski definition) is 3. The van der Waals surface area contributed by atoms with Gasteiger partial charge in [-0.3, -0.25) is 19.0 Å². The van der Waals surface area contributed by atoms with Crippen molar-refractivity contribution >= 4 is 34.4 Å². The molecule has 1 N–H and O–H groups in total. The highest BCUT2D eigenvalue weighted by molar-refractivity contribution is 6.06. The van der Waals surface area contributed by atoms with Crippen LogP contribution in [0.4, 0.5) is 5.69 Å². The summed E-state index contributed by atoms with van der Waals surface area (Å²) in [5, 5.41) is 10.1. The zero-order valence-corrected chi connectivity index (χ0v) is 27.8. The Bertz CT molecular complexity index is 1870. The Labute approximate surface area is 277 Å². The lowest BCUT2D eigenvalue weighted by Crippen LogP contribution is -2.30. The van der Waals surface area contributed by atoms with Crippen LogP contribution in [0.25, 0.3) is 10.9 Å². The number of anilines is 1. The highest BCUT2D eigenvalue weighted by Crippen LogP contribution is 2.26. The summed E-state index contributed by atoms with van der Waals surface area (Å²) in [7, 11) is 0. The first-order chi connectivity index (χ1) is 22.6. The first-order valence-corrected chi connectivity index (χ1v) is 16.5. The SMILES string of the molecule is CC(C)Cc1ccc(C(=O)N(Cc2cccc(C(=O)n3cc(CCCC(=O)O)c4ccccc43)c2)c2cccc(CC(C)C)c2)cc1. The van der Waals surface area contributed by atoms with E-state index in [9.17, 15) is 14.4 Å². The average Bonchev–Trinajstić information content (AvgIpc) is 3.41. The minimum atomic E-state index is -0.830. The summed E-state index contributed by atoms with van der Waals surface area (Å²) in [5.41, 5.74) is 6.90. The Morgan fingerprint density at radius 3 is 2.13 bits per heavy atom. The van der Waals surface area contributed by atoms with Crippen LogP contribution < -0.4 is 4.90 Å². The average molecular weight is 629 g/mol. The largest absolute Gasteiger partial charge is 0.481 e.